The molecule has 1 aromatic rings. The Morgan fingerprint density at radius 3 is 2.06 bits per heavy atom. The number of likely N-dealkylation sites (tertiary alicyclic amines) is 1. The number of aliphatic hydroxyl groups is 1. The minimum Gasteiger partial charge on any atom is -0.390 e. The molecule has 1 N–H and O–H groups in total. The molecule has 0 saturated carbocycles. The highest BCUT2D eigenvalue weighted by Gasteiger charge is 2.25. The summed E-state index contributed by atoms with van der Waals surface area (Å²) in [5, 5.41) is 9.34. The molecule has 2 heteroatoms. The first kappa shape index (κ1) is 13.6. The van der Waals surface area contributed by atoms with Gasteiger partial charge < -0.3 is 5.11 Å². The third kappa shape index (κ3) is 2.76. The molecule has 1 aliphatic heterocycles. The van der Waals surface area contributed by atoms with Gasteiger partial charge in [-0.2, -0.15) is 0 Å². The summed E-state index contributed by atoms with van der Waals surface area (Å²) >= 11 is 0. The molecule has 0 aliphatic carbocycles. The summed E-state index contributed by atoms with van der Waals surface area (Å²) in [4.78, 5) is 2.30. The average molecular weight is 247 g/mol. The molecule has 0 atom stereocenters. The smallest absolute Gasteiger partial charge is 0.0794 e. The second-order valence-corrected chi connectivity index (χ2v) is 6.69. The van der Waals surface area contributed by atoms with Gasteiger partial charge in [-0.3, -0.25) is 4.90 Å². The van der Waals surface area contributed by atoms with Gasteiger partial charge in [-0.1, -0.05) is 32.9 Å². The van der Waals surface area contributed by atoms with Gasteiger partial charge in [0, 0.05) is 19.6 Å². The summed E-state index contributed by atoms with van der Waals surface area (Å²) in [7, 11) is 0. The summed E-state index contributed by atoms with van der Waals surface area (Å²) in [6.07, 6.45) is -0.112. The summed E-state index contributed by atoms with van der Waals surface area (Å²) in [6.45, 7) is 13.8. The molecule has 1 aromatic carbocycles. The van der Waals surface area contributed by atoms with Crippen LogP contribution in [0.1, 0.15) is 43.0 Å². The Bertz CT molecular complexity index is 416. The second kappa shape index (κ2) is 4.67. The Kier molecular flexibility index (Phi) is 3.52. The first-order chi connectivity index (χ1) is 8.27. The summed E-state index contributed by atoms with van der Waals surface area (Å²) in [6, 6.07) is 4.64. The zero-order chi connectivity index (χ0) is 13.5. The fourth-order valence-electron chi connectivity index (χ4n) is 2.57. The Morgan fingerprint density at radius 1 is 1.17 bits per heavy atom. The minimum absolute atomic E-state index is 0.112. The Labute approximate surface area is 111 Å². The summed E-state index contributed by atoms with van der Waals surface area (Å²) in [5.41, 5.74) is 5.79. The van der Waals surface area contributed by atoms with Gasteiger partial charge in [0.05, 0.1) is 6.10 Å². The molecular weight excluding hydrogens is 222 g/mol. The number of benzene rings is 1. The maximum absolute atomic E-state index is 9.34. The van der Waals surface area contributed by atoms with Crippen LogP contribution in [0, 0.1) is 13.8 Å². The first-order valence-corrected chi connectivity index (χ1v) is 6.78. The van der Waals surface area contributed by atoms with Crippen molar-refractivity contribution in [3.63, 3.8) is 0 Å². The molecule has 2 nitrogen and oxygen atoms in total. The molecule has 0 unspecified atom stereocenters. The van der Waals surface area contributed by atoms with E-state index in [0.717, 1.165) is 19.6 Å². The van der Waals surface area contributed by atoms with E-state index in [1.54, 1.807) is 0 Å². The van der Waals surface area contributed by atoms with E-state index in [1.807, 2.05) is 0 Å². The van der Waals surface area contributed by atoms with Crippen LogP contribution in [0.25, 0.3) is 0 Å². The molecule has 0 amide bonds. The summed E-state index contributed by atoms with van der Waals surface area (Å²) < 4.78 is 0. The highest BCUT2D eigenvalue weighted by atomic mass is 16.3. The van der Waals surface area contributed by atoms with Gasteiger partial charge in [0.2, 0.25) is 0 Å². The van der Waals surface area contributed by atoms with Gasteiger partial charge >= 0.3 is 0 Å². The largest absolute Gasteiger partial charge is 0.390 e. The lowest BCUT2D eigenvalue weighted by atomic mass is 9.83. The third-order valence-electron chi connectivity index (χ3n) is 3.88. The Morgan fingerprint density at radius 2 is 1.67 bits per heavy atom. The van der Waals surface area contributed by atoms with Gasteiger partial charge in [-0.05, 0) is 41.5 Å². The maximum atomic E-state index is 9.34. The van der Waals surface area contributed by atoms with E-state index in [-0.39, 0.29) is 11.5 Å². The van der Waals surface area contributed by atoms with Crippen molar-refractivity contribution in [3.05, 3.63) is 34.4 Å². The van der Waals surface area contributed by atoms with Crippen LogP contribution in [0.4, 0.5) is 0 Å². The normalized spacial score (nSPS) is 17.9. The number of hydrogen-bond donors (Lipinski definition) is 1. The molecule has 0 aromatic heterocycles. The fourth-order valence-corrected chi connectivity index (χ4v) is 2.57. The predicted molar refractivity (Wildman–Crippen MR) is 75.9 cm³/mol. The summed E-state index contributed by atoms with van der Waals surface area (Å²) in [5.74, 6) is 0. The van der Waals surface area contributed by atoms with Crippen molar-refractivity contribution >= 4 is 0 Å². The Hall–Kier alpha value is -0.860. The first-order valence-electron chi connectivity index (χ1n) is 6.78. The minimum atomic E-state index is -0.112. The van der Waals surface area contributed by atoms with E-state index in [4.69, 9.17) is 0 Å². The van der Waals surface area contributed by atoms with Crippen LogP contribution in [-0.4, -0.2) is 29.2 Å². The van der Waals surface area contributed by atoms with E-state index < -0.39 is 0 Å². The molecule has 0 spiro atoms. The number of rotatable bonds is 2. The third-order valence-corrected chi connectivity index (χ3v) is 3.88. The standard InChI is InChI=1S/C16H25NO/c1-11-6-13(16(3,4)5)7-12(2)15(11)10-17-8-14(18)9-17/h6-7,14,18H,8-10H2,1-5H3. The van der Waals surface area contributed by atoms with Crippen molar-refractivity contribution in [2.75, 3.05) is 13.1 Å². The lowest BCUT2D eigenvalue weighted by molar-refractivity contribution is -0.00307. The highest BCUT2D eigenvalue weighted by molar-refractivity contribution is 5.40. The molecule has 0 bridgehead atoms. The number of aliphatic hydroxyl groups excluding tert-OH is 1. The van der Waals surface area contributed by atoms with Gasteiger partial charge in [0.15, 0.2) is 0 Å². The van der Waals surface area contributed by atoms with Crippen LogP contribution in [0.5, 0.6) is 0 Å². The zero-order valence-electron chi connectivity index (χ0n) is 12.2. The van der Waals surface area contributed by atoms with E-state index in [9.17, 15) is 5.11 Å². The fraction of sp³-hybridized carbons (Fsp3) is 0.625. The molecule has 1 fully saturated rings. The molecule has 100 valence electrons. The molecule has 2 rings (SSSR count). The second-order valence-electron chi connectivity index (χ2n) is 6.69. The van der Waals surface area contributed by atoms with Crippen LogP contribution >= 0.6 is 0 Å². The van der Waals surface area contributed by atoms with Crippen LogP contribution in [0.3, 0.4) is 0 Å². The number of aryl methyl sites for hydroxylation is 2. The number of β-amino-alcohol motifs (C(OH)–C–C–N with tert-alkyl or cyclic N) is 1. The average Bonchev–Trinajstić information content (AvgIpc) is 2.18. The molecule has 0 radical (unpaired) electrons. The molecular formula is C16H25NO. The topological polar surface area (TPSA) is 23.5 Å². The lowest BCUT2D eigenvalue weighted by Gasteiger charge is -2.36. The molecule has 18 heavy (non-hydrogen) atoms. The van der Waals surface area contributed by atoms with Crippen molar-refractivity contribution in [1.29, 1.82) is 0 Å². The molecule has 1 aliphatic rings. The molecule has 1 saturated heterocycles. The Balaban J connectivity index is 2.21. The van der Waals surface area contributed by atoms with Crippen molar-refractivity contribution in [2.45, 2.75) is 52.7 Å². The van der Waals surface area contributed by atoms with E-state index in [2.05, 4.69) is 51.7 Å². The SMILES string of the molecule is Cc1cc(C(C)(C)C)cc(C)c1CN1CC(O)C1. The van der Waals surface area contributed by atoms with Crippen molar-refractivity contribution in [3.8, 4) is 0 Å². The van der Waals surface area contributed by atoms with E-state index >= 15 is 0 Å². The van der Waals surface area contributed by atoms with Gasteiger partial charge in [0.25, 0.3) is 0 Å². The van der Waals surface area contributed by atoms with Crippen molar-refractivity contribution in [2.24, 2.45) is 0 Å². The number of nitrogens with zero attached hydrogens (tertiary/aromatic N) is 1. The quantitative estimate of drug-likeness (QED) is 0.868. The van der Waals surface area contributed by atoms with Crippen LogP contribution in [0.15, 0.2) is 12.1 Å². The van der Waals surface area contributed by atoms with Crippen molar-refractivity contribution < 1.29 is 5.11 Å². The zero-order valence-corrected chi connectivity index (χ0v) is 12.2. The monoisotopic (exact) mass is 247 g/mol. The van der Waals surface area contributed by atoms with Gasteiger partial charge in [0.1, 0.15) is 0 Å². The maximum Gasteiger partial charge on any atom is 0.0794 e. The lowest BCUT2D eigenvalue weighted by Crippen LogP contribution is -2.50. The predicted octanol–water partition coefficient (Wildman–Crippen LogP) is 2.78. The van der Waals surface area contributed by atoms with E-state index in [0.29, 0.717) is 0 Å². The molecule has 1 heterocycles. The van der Waals surface area contributed by atoms with Gasteiger partial charge in [-0.25, -0.2) is 0 Å². The van der Waals surface area contributed by atoms with Crippen LogP contribution in [0.2, 0.25) is 0 Å². The van der Waals surface area contributed by atoms with Crippen LogP contribution < -0.4 is 0 Å². The van der Waals surface area contributed by atoms with E-state index in [1.165, 1.54) is 22.3 Å². The van der Waals surface area contributed by atoms with Crippen molar-refractivity contribution in [1.82, 2.24) is 4.90 Å². The van der Waals surface area contributed by atoms with Gasteiger partial charge in [-0.15, -0.1) is 0 Å². The number of hydrogen-bond acceptors (Lipinski definition) is 2. The van der Waals surface area contributed by atoms with Crippen LogP contribution in [-0.2, 0) is 12.0 Å². The highest BCUT2D eigenvalue weighted by Crippen LogP contribution is 2.28.